The van der Waals surface area contributed by atoms with Crippen LogP contribution in [0.5, 0.6) is 5.75 Å². The van der Waals surface area contributed by atoms with Gasteiger partial charge in [0, 0.05) is 5.56 Å². The van der Waals surface area contributed by atoms with Gasteiger partial charge in [-0.3, -0.25) is 9.59 Å². The largest absolute Gasteiger partial charge is 0.489 e. The van der Waals surface area contributed by atoms with E-state index >= 15 is 0 Å². The number of benzene rings is 2. The minimum Gasteiger partial charge on any atom is -0.489 e. The average molecular weight is 411 g/mol. The zero-order chi connectivity index (χ0) is 21.4. The lowest BCUT2D eigenvalue weighted by Crippen LogP contribution is -2.38. The Labute approximate surface area is 180 Å². The predicted octanol–water partition coefficient (Wildman–Crippen LogP) is 3.67. The van der Waals surface area contributed by atoms with E-state index in [1.54, 1.807) is 18.2 Å². The quantitative estimate of drug-likeness (QED) is 0.427. The molecule has 154 valence electrons. The molecule has 4 atom stereocenters. The molecule has 1 heterocycles. The molecule has 6 heteroatoms. The molecule has 2 aromatic carbocycles. The van der Waals surface area contributed by atoms with Gasteiger partial charge >= 0.3 is 0 Å². The Kier molecular flexibility index (Phi) is 4.87. The molecule has 0 spiro atoms. The third-order valence-corrected chi connectivity index (χ3v) is 6.47. The highest BCUT2D eigenvalue weighted by molar-refractivity contribution is 6.06. The van der Waals surface area contributed by atoms with Crippen LogP contribution in [0.4, 0.5) is 0 Å². The lowest BCUT2D eigenvalue weighted by atomic mass is 9.63. The van der Waals surface area contributed by atoms with Crippen molar-refractivity contribution < 1.29 is 14.3 Å². The molecular weight excluding hydrogens is 390 g/mol. The summed E-state index contributed by atoms with van der Waals surface area (Å²) in [6.07, 6.45) is 7.68. The van der Waals surface area contributed by atoms with Crippen LogP contribution < -0.4 is 4.74 Å². The summed E-state index contributed by atoms with van der Waals surface area (Å²) in [6.45, 7) is 0.299. The molecule has 2 aromatic rings. The van der Waals surface area contributed by atoms with Crippen molar-refractivity contribution in [3.05, 3.63) is 77.4 Å². The maximum absolute atomic E-state index is 12.8. The fraction of sp³-hybridized carbons (Fsp3) is 0.280. The molecule has 1 saturated heterocycles. The van der Waals surface area contributed by atoms with E-state index in [-0.39, 0.29) is 35.5 Å². The van der Waals surface area contributed by atoms with Crippen LogP contribution in [0.15, 0.2) is 65.8 Å². The van der Waals surface area contributed by atoms with Crippen molar-refractivity contribution in [3.8, 4) is 11.8 Å². The lowest BCUT2D eigenvalue weighted by Gasteiger charge is -2.37. The Morgan fingerprint density at radius 2 is 1.65 bits per heavy atom. The van der Waals surface area contributed by atoms with Crippen LogP contribution in [-0.2, 0) is 16.2 Å². The highest BCUT2D eigenvalue weighted by Gasteiger charge is 2.56. The van der Waals surface area contributed by atoms with Crippen LogP contribution in [0.3, 0.4) is 0 Å². The Morgan fingerprint density at radius 3 is 2.26 bits per heavy atom. The summed E-state index contributed by atoms with van der Waals surface area (Å²) >= 11 is 0. The molecule has 6 nitrogen and oxygen atoms in total. The molecule has 0 unspecified atom stereocenters. The molecule has 2 amide bonds. The van der Waals surface area contributed by atoms with E-state index in [0.29, 0.717) is 17.9 Å². The number of carbonyl (C=O) groups excluding carboxylic acids is 2. The lowest BCUT2D eigenvalue weighted by molar-refractivity contribution is -0.140. The smallest absolute Gasteiger partial charge is 0.254 e. The summed E-state index contributed by atoms with van der Waals surface area (Å²) in [7, 11) is 0. The third kappa shape index (κ3) is 3.42. The maximum Gasteiger partial charge on any atom is 0.254 e. The summed E-state index contributed by atoms with van der Waals surface area (Å²) in [6, 6.07) is 16.7. The summed E-state index contributed by atoms with van der Waals surface area (Å²) in [5.74, 6) is 0.124. The number of hydrogen-bond donors (Lipinski definition) is 0. The van der Waals surface area contributed by atoms with E-state index in [1.165, 1.54) is 6.21 Å². The van der Waals surface area contributed by atoms with Crippen LogP contribution in [0.1, 0.15) is 29.5 Å². The molecule has 4 aliphatic rings. The standard InChI is InChI=1S/C25H21N3O3/c26-13-19-3-1-2-4-20(19)15-31-21-11-5-16(6-12-21)14-27-28-24(29)22-17-7-8-18(10-9-17)23(22)25(28)30/h1-8,11-12,14,17-18,22-23H,9-10,15H2/b27-14-/t17-,18-,22+,23+/m0/s1. The molecular formula is C25H21N3O3. The van der Waals surface area contributed by atoms with Gasteiger partial charge < -0.3 is 4.74 Å². The Balaban J connectivity index is 1.24. The van der Waals surface area contributed by atoms with Crippen LogP contribution >= 0.6 is 0 Å². The topological polar surface area (TPSA) is 82.8 Å². The highest BCUT2D eigenvalue weighted by atomic mass is 16.5. The number of rotatable bonds is 5. The van der Waals surface area contributed by atoms with Crippen LogP contribution in [0.25, 0.3) is 0 Å². The molecule has 3 aliphatic carbocycles. The van der Waals surface area contributed by atoms with E-state index in [1.807, 2.05) is 30.3 Å². The van der Waals surface area contributed by atoms with Crippen molar-refractivity contribution in [1.29, 1.82) is 5.26 Å². The fourth-order valence-electron chi connectivity index (χ4n) is 4.86. The number of nitriles is 1. The number of allylic oxidation sites excluding steroid dienone is 2. The van der Waals surface area contributed by atoms with Crippen LogP contribution in [-0.4, -0.2) is 23.0 Å². The summed E-state index contributed by atoms with van der Waals surface area (Å²) in [5.41, 5.74) is 2.18. The average Bonchev–Trinajstić information content (AvgIpc) is 3.09. The maximum atomic E-state index is 12.8. The Bertz CT molecular complexity index is 1100. The zero-order valence-electron chi connectivity index (χ0n) is 16.8. The fourth-order valence-corrected chi connectivity index (χ4v) is 4.86. The summed E-state index contributed by atoms with van der Waals surface area (Å²) in [4.78, 5) is 25.6. The van der Waals surface area contributed by atoms with E-state index in [4.69, 9.17) is 10.00 Å². The minimum atomic E-state index is -0.250. The van der Waals surface area contributed by atoms with Crippen molar-refractivity contribution >= 4 is 18.0 Å². The second kappa shape index (κ2) is 7.84. The molecule has 0 aromatic heterocycles. The van der Waals surface area contributed by atoms with Gasteiger partial charge in [0.2, 0.25) is 0 Å². The molecule has 0 radical (unpaired) electrons. The van der Waals surface area contributed by atoms with Crippen molar-refractivity contribution in [2.24, 2.45) is 28.8 Å². The van der Waals surface area contributed by atoms with E-state index in [9.17, 15) is 9.59 Å². The SMILES string of the molecule is N#Cc1ccccc1COc1ccc(/C=N\N2C(=O)[C@H]3[C@H](C2=O)[C@H]2C=C[C@H]3CC2)cc1. The van der Waals surface area contributed by atoms with Crippen LogP contribution in [0, 0.1) is 35.0 Å². The second-order valence-electron chi connectivity index (χ2n) is 8.20. The molecule has 0 N–H and O–H groups in total. The minimum absolute atomic E-state index is 0.161. The van der Waals surface area contributed by atoms with E-state index in [2.05, 4.69) is 23.3 Å². The van der Waals surface area contributed by atoms with Gasteiger partial charge in [-0.1, -0.05) is 30.4 Å². The number of fused-ring (bicyclic) bond motifs is 1. The Hall–Kier alpha value is -3.72. The van der Waals surface area contributed by atoms with Crippen molar-refractivity contribution in [1.82, 2.24) is 5.01 Å². The number of amides is 2. The number of ether oxygens (including phenoxy) is 1. The number of carbonyl (C=O) groups is 2. The summed E-state index contributed by atoms with van der Waals surface area (Å²) < 4.78 is 5.78. The number of hydrazone groups is 1. The van der Waals surface area contributed by atoms with E-state index in [0.717, 1.165) is 29.0 Å². The van der Waals surface area contributed by atoms with Gasteiger partial charge in [0.25, 0.3) is 11.8 Å². The molecule has 2 fully saturated rings. The molecule has 6 rings (SSSR count). The zero-order valence-corrected chi connectivity index (χ0v) is 16.8. The van der Waals surface area contributed by atoms with Gasteiger partial charge in [-0.25, -0.2) is 0 Å². The second-order valence-corrected chi connectivity index (χ2v) is 8.20. The molecule has 2 bridgehead atoms. The van der Waals surface area contributed by atoms with Gasteiger partial charge in [-0.15, -0.1) is 0 Å². The van der Waals surface area contributed by atoms with Gasteiger partial charge in [0.05, 0.1) is 29.7 Å². The Morgan fingerprint density at radius 1 is 1.00 bits per heavy atom. The number of nitrogens with zero attached hydrogens (tertiary/aromatic N) is 3. The molecule has 1 aliphatic heterocycles. The monoisotopic (exact) mass is 411 g/mol. The third-order valence-electron chi connectivity index (χ3n) is 6.47. The first-order valence-corrected chi connectivity index (χ1v) is 10.5. The summed E-state index contributed by atoms with van der Waals surface area (Å²) in [5, 5.41) is 14.5. The number of imide groups is 1. The molecule has 31 heavy (non-hydrogen) atoms. The molecule has 1 saturated carbocycles. The predicted molar refractivity (Wildman–Crippen MR) is 114 cm³/mol. The van der Waals surface area contributed by atoms with Gasteiger partial charge in [0.1, 0.15) is 12.4 Å². The highest BCUT2D eigenvalue weighted by Crippen LogP contribution is 2.49. The first kappa shape index (κ1) is 19.3. The van der Waals surface area contributed by atoms with Crippen molar-refractivity contribution in [2.75, 3.05) is 0 Å². The van der Waals surface area contributed by atoms with Crippen molar-refractivity contribution in [2.45, 2.75) is 19.4 Å². The van der Waals surface area contributed by atoms with Gasteiger partial charge in [-0.2, -0.15) is 15.4 Å². The van der Waals surface area contributed by atoms with Crippen LogP contribution in [0.2, 0.25) is 0 Å². The van der Waals surface area contributed by atoms with E-state index < -0.39 is 0 Å². The van der Waals surface area contributed by atoms with Gasteiger partial charge in [-0.05, 0) is 60.6 Å². The normalized spacial score (nSPS) is 26.4. The van der Waals surface area contributed by atoms with Crippen molar-refractivity contribution in [3.63, 3.8) is 0 Å². The first-order chi connectivity index (χ1) is 15.2. The van der Waals surface area contributed by atoms with Gasteiger partial charge in [0.15, 0.2) is 0 Å². The first-order valence-electron chi connectivity index (χ1n) is 10.5. The number of hydrogen-bond acceptors (Lipinski definition) is 5.